The van der Waals surface area contributed by atoms with Crippen molar-refractivity contribution in [2.24, 2.45) is 5.92 Å². The Morgan fingerprint density at radius 3 is 2.48 bits per heavy atom. The van der Waals surface area contributed by atoms with Crippen LogP contribution in [-0.2, 0) is 6.42 Å². The van der Waals surface area contributed by atoms with Gasteiger partial charge in [-0.25, -0.2) is 0 Å². The molecule has 21 heavy (non-hydrogen) atoms. The van der Waals surface area contributed by atoms with Crippen molar-refractivity contribution >= 4 is 17.2 Å². The molecule has 0 saturated carbocycles. The molecule has 1 saturated heterocycles. The molecule has 0 amide bonds. The van der Waals surface area contributed by atoms with Gasteiger partial charge in [-0.05, 0) is 86.0 Å². The van der Waals surface area contributed by atoms with E-state index in [0.717, 1.165) is 36.9 Å². The first kappa shape index (κ1) is 18.0. The summed E-state index contributed by atoms with van der Waals surface area (Å²) in [7, 11) is 0. The zero-order valence-corrected chi connectivity index (χ0v) is 14.2. The third-order valence-electron chi connectivity index (χ3n) is 4.26. The second-order valence-corrected chi connectivity index (χ2v) is 6.03. The molecule has 1 nitrogen and oxygen atoms in total. The minimum atomic E-state index is 0.793. The van der Waals surface area contributed by atoms with Crippen LogP contribution in [0.3, 0.4) is 0 Å². The first-order valence-electron chi connectivity index (χ1n) is 7.79. The molecule has 1 N–H and O–H groups in total. The van der Waals surface area contributed by atoms with Crippen LogP contribution in [0.5, 0.6) is 0 Å². The van der Waals surface area contributed by atoms with Crippen molar-refractivity contribution in [1.29, 1.82) is 0 Å². The number of benzene rings is 1. The van der Waals surface area contributed by atoms with Crippen LogP contribution in [0, 0.1) is 12.8 Å². The van der Waals surface area contributed by atoms with Gasteiger partial charge in [0, 0.05) is 5.02 Å². The molecule has 1 aromatic carbocycles. The number of piperidine rings is 1. The molecule has 116 valence electrons. The Balaban J connectivity index is 0.00000106. The molecule has 0 aromatic heterocycles. The van der Waals surface area contributed by atoms with Crippen LogP contribution >= 0.6 is 11.6 Å². The average Bonchev–Trinajstić information content (AvgIpc) is 2.52. The van der Waals surface area contributed by atoms with Gasteiger partial charge in [-0.15, -0.1) is 13.2 Å². The van der Waals surface area contributed by atoms with Crippen molar-refractivity contribution in [3.8, 4) is 0 Å². The molecule has 1 heterocycles. The zero-order valence-electron chi connectivity index (χ0n) is 13.5. The Kier molecular flexibility index (Phi) is 7.77. The normalized spacial score (nSPS) is 15.2. The number of nitrogens with one attached hydrogen (secondary N) is 1. The Morgan fingerprint density at radius 1 is 1.29 bits per heavy atom. The lowest BCUT2D eigenvalue weighted by atomic mass is 9.87. The Hall–Kier alpha value is -1.05. The summed E-state index contributed by atoms with van der Waals surface area (Å²) in [4.78, 5) is 0. The van der Waals surface area contributed by atoms with Crippen molar-refractivity contribution in [3.05, 3.63) is 53.6 Å². The van der Waals surface area contributed by atoms with Gasteiger partial charge in [0.1, 0.15) is 0 Å². The number of hydrogen-bond donors (Lipinski definition) is 1. The Morgan fingerprint density at radius 2 is 1.90 bits per heavy atom. The van der Waals surface area contributed by atoms with Crippen LogP contribution in [0.4, 0.5) is 0 Å². The van der Waals surface area contributed by atoms with E-state index in [4.69, 9.17) is 11.6 Å². The maximum Gasteiger partial charge on any atom is 0.0414 e. The fraction of sp³-hybridized carbons (Fsp3) is 0.474. The maximum atomic E-state index is 6.29. The lowest BCUT2D eigenvalue weighted by molar-refractivity contribution is 0.372. The molecule has 2 rings (SSSR count). The van der Waals surface area contributed by atoms with Crippen LogP contribution in [-0.4, -0.2) is 13.1 Å². The molecule has 1 fully saturated rings. The van der Waals surface area contributed by atoms with Gasteiger partial charge in [-0.1, -0.05) is 25.1 Å². The monoisotopic (exact) mass is 305 g/mol. The molecule has 2 heteroatoms. The Labute approximate surface area is 135 Å². The molecule has 0 bridgehead atoms. The molecule has 0 atom stereocenters. The lowest BCUT2D eigenvalue weighted by Crippen LogP contribution is -2.28. The molecule has 0 spiro atoms. The van der Waals surface area contributed by atoms with E-state index in [1.54, 1.807) is 0 Å². The van der Waals surface area contributed by atoms with Gasteiger partial charge < -0.3 is 5.32 Å². The van der Waals surface area contributed by atoms with Crippen LogP contribution in [0.2, 0.25) is 5.02 Å². The summed E-state index contributed by atoms with van der Waals surface area (Å²) in [6.45, 7) is 16.8. The average molecular weight is 306 g/mol. The first-order valence-corrected chi connectivity index (χ1v) is 8.17. The van der Waals surface area contributed by atoms with E-state index >= 15 is 0 Å². The third kappa shape index (κ3) is 5.01. The van der Waals surface area contributed by atoms with Gasteiger partial charge in [0.25, 0.3) is 0 Å². The second kappa shape index (κ2) is 9.07. The molecule has 1 aliphatic heterocycles. The summed E-state index contributed by atoms with van der Waals surface area (Å²) < 4.78 is 0. The minimum Gasteiger partial charge on any atom is -0.317 e. The van der Waals surface area contributed by atoms with Crippen molar-refractivity contribution in [1.82, 2.24) is 5.32 Å². The molecule has 0 unspecified atom stereocenters. The van der Waals surface area contributed by atoms with E-state index in [0.29, 0.717) is 0 Å². The third-order valence-corrected chi connectivity index (χ3v) is 4.47. The van der Waals surface area contributed by atoms with E-state index in [1.165, 1.54) is 35.1 Å². The summed E-state index contributed by atoms with van der Waals surface area (Å²) in [5.41, 5.74) is 5.21. The SMILES string of the molecule is C=C.C=C(CC)c1cc(Cl)cc(CC2CCNCC2)c1C. The zero-order chi connectivity index (χ0) is 15.8. The highest BCUT2D eigenvalue weighted by molar-refractivity contribution is 6.30. The Bertz CT molecular complexity index is 473. The number of allylic oxidation sites excluding steroid dienone is 1. The van der Waals surface area contributed by atoms with Crippen LogP contribution in [0.1, 0.15) is 42.9 Å². The molecule has 1 aromatic rings. The molecule has 0 aliphatic carbocycles. The maximum absolute atomic E-state index is 6.29. The number of halogens is 1. The first-order chi connectivity index (χ1) is 10.1. The predicted octanol–water partition coefficient (Wildman–Crippen LogP) is 5.42. The predicted molar refractivity (Wildman–Crippen MR) is 96.1 cm³/mol. The van der Waals surface area contributed by atoms with Gasteiger partial charge in [0.15, 0.2) is 0 Å². The topological polar surface area (TPSA) is 12.0 Å². The van der Waals surface area contributed by atoms with Crippen LogP contribution in [0.25, 0.3) is 5.57 Å². The quantitative estimate of drug-likeness (QED) is 0.733. The number of rotatable bonds is 4. The highest BCUT2D eigenvalue weighted by Gasteiger charge is 2.16. The van der Waals surface area contributed by atoms with Crippen LogP contribution < -0.4 is 5.32 Å². The van der Waals surface area contributed by atoms with Crippen molar-refractivity contribution < 1.29 is 0 Å². The van der Waals surface area contributed by atoms with E-state index in [2.05, 4.69) is 51.0 Å². The van der Waals surface area contributed by atoms with E-state index in [9.17, 15) is 0 Å². The van der Waals surface area contributed by atoms with E-state index in [1.807, 2.05) is 0 Å². The summed E-state index contributed by atoms with van der Waals surface area (Å²) in [6, 6.07) is 4.21. The van der Waals surface area contributed by atoms with Gasteiger partial charge >= 0.3 is 0 Å². The van der Waals surface area contributed by atoms with Crippen molar-refractivity contribution in [3.63, 3.8) is 0 Å². The van der Waals surface area contributed by atoms with Crippen LogP contribution in [0.15, 0.2) is 31.9 Å². The largest absolute Gasteiger partial charge is 0.317 e. The summed E-state index contributed by atoms with van der Waals surface area (Å²) in [6.07, 6.45) is 4.68. The lowest BCUT2D eigenvalue weighted by Gasteiger charge is -2.24. The van der Waals surface area contributed by atoms with Gasteiger partial charge in [-0.3, -0.25) is 0 Å². The highest BCUT2D eigenvalue weighted by atomic mass is 35.5. The summed E-state index contributed by atoms with van der Waals surface area (Å²) in [5, 5.41) is 4.27. The minimum absolute atomic E-state index is 0.793. The van der Waals surface area contributed by atoms with Crippen molar-refractivity contribution in [2.75, 3.05) is 13.1 Å². The fourth-order valence-electron chi connectivity index (χ4n) is 2.90. The smallest absolute Gasteiger partial charge is 0.0414 e. The number of hydrogen-bond acceptors (Lipinski definition) is 1. The summed E-state index contributed by atoms with van der Waals surface area (Å²) in [5.74, 6) is 0.793. The molecular formula is C19H28ClN. The highest BCUT2D eigenvalue weighted by Crippen LogP contribution is 2.29. The molecule has 1 aliphatic rings. The standard InChI is InChI=1S/C17H24ClN.C2H4/c1-4-12(2)17-11-16(18)10-15(13(17)3)9-14-5-7-19-8-6-14;1-2/h10-11,14,19H,2,4-9H2,1,3H3;1-2H2. The van der Waals surface area contributed by atoms with Gasteiger partial charge in [-0.2, -0.15) is 0 Å². The summed E-state index contributed by atoms with van der Waals surface area (Å²) >= 11 is 6.29. The van der Waals surface area contributed by atoms with E-state index in [-0.39, 0.29) is 0 Å². The fourth-order valence-corrected chi connectivity index (χ4v) is 3.14. The van der Waals surface area contributed by atoms with Gasteiger partial charge in [0.2, 0.25) is 0 Å². The van der Waals surface area contributed by atoms with Crippen molar-refractivity contribution in [2.45, 2.75) is 39.5 Å². The molecule has 0 radical (unpaired) electrons. The van der Waals surface area contributed by atoms with Gasteiger partial charge in [0.05, 0.1) is 0 Å². The van der Waals surface area contributed by atoms with E-state index < -0.39 is 0 Å². The second-order valence-electron chi connectivity index (χ2n) is 5.59. The molecular weight excluding hydrogens is 278 g/mol.